The van der Waals surface area contributed by atoms with E-state index in [4.69, 9.17) is 10.5 Å². The van der Waals surface area contributed by atoms with E-state index in [9.17, 15) is 4.79 Å². The molecule has 6 heteroatoms. The average Bonchev–Trinajstić information content (AvgIpc) is 2.68. The number of H-pyrrole nitrogens is 1. The molecule has 1 aliphatic heterocycles. The van der Waals surface area contributed by atoms with Crippen molar-refractivity contribution in [2.24, 2.45) is 0 Å². The number of ether oxygens (including phenoxy) is 1. The first kappa shape index (κ1) is 12.9. The Bertz CT molecular complexity index is 433. The Hall–Kier alpha value is -1.56. The number of morpholine rings is 1. The van der Waals surface area contributed by atoms with E-state index in [-0.39, 0.29) is 18.1 Å². The van der Waals surface area contributed by atoms with Gasteiger partial charge in [-0.1, -0.05) is 6.92 Å². The lowest BCUT2D eigenvalue weighted by Gasteiger charge is -2.34. The van der Waals surface area contributed by atoms with Crippen molar-refractivity contribution in [2.75, 3.05) is 18.8 Å². The third-order valence-corrected chi connectivity index (χ3v) is 3.15. The van der Waals surface area contributed by atoms with Crippen LogP contribution in [0.4, 0.5) is 5.69 Å². The molecule has 1 saturated heterocycles. The fraction of sp³-hybridized carbons (Fsp3) is 0.667. The molecule has 0 saturated carbocycles. The Morgan fingerprint density at radius 3 is 2.61 bits per heavy atom. The molecule has 1 aromatic rings. The van der Waals surface area contributed by atoms with Crippen molar-refractivity contribution < 1.29 is 9.53 Å². The van der Waals surface area contributed by atoms with Gasteiger partial charge in [-0.3, -0.25) is 9.89 Å². The first-order chi connectivity index (χ1) is 8.52. The van der Waals surface area contributed by atoms with Gasteiger partial charge in [0.05, 0.1) is 23.6 Å². The molecule has 2 rings (SSSR count). The average molecular weight is 252 g/mol. The molecular formula is C12H20N4O2. The van der Waals surface area contributed by atoms with Crippen molar-refractivity contribution in [3.8, 4) is 0 Å². The molecule has 100 valence electrons. The van der Waals surface area contributed by atoms with Crippen molar-refractivity contribution in [1.29, 1.82) is 0 Å². The summed E-state index contributed by atoms with van der Waals surface area (Å²) >= 11 is 0. The third-order valence-electron chi connectivity index (χ3n) is 3.15. The topological polar surface area (TPSA) is 84.2 Å². The molecule has 1 fully saturated rings. The smallest absolute Gasteiger partial charge is 0.276 e. The third kappa shape index (κ3) is 2.33. The first-order valence-electron chi connectivity index (χ1n) is 6.30. The molecule has 0 unspecified atom stereocenters. The van der Waals surface area contributed by atoms with Gasteiger partial charge in [0.15, 0.2) is 5.69 Å². The lowest BCUT2D eigenvalue weighted by Crippen LogP contribution is -2.48. The molecule has 2 heterocycles. The van der Waals surface area contributed by atoms with Crippen molar-refractivity contribution in [1.82, 2.24) is 15.1 Å². The number of aryl methyl sites for hydroxylation is 1. The van der Waals surface area contributed by atoms with Gasteiger partial charge in [-0.2, -0.15) is 5.10 Å². The molecule has 3 N–H and O–H groups in total. The van der Waals surface area contributed by atoms with E-state index < -0.39 is 0 Å². The van der Waals surface area contributed by atoms with Gasteiger partial charge in [0, 0.05) is 13.1 Å². The number of hydrogen-bond acceptors (Lipinski definition) is 4. The number of carbonyl (C=O) groups is 1. The Morgan fingerprint density at radius 1 is 1.50 bits per heavy atom. The first-order valence-corrected chi connectivity index (χ1v) is 6.30. The molecule has 6 nitrogen and oxygen atoms in total. The van der Waals surface area contributed by atoms with E-state index in [0.29, 0.717) is 24.5 Å². The summed E-state index contributed by atoms with van der Waals surface area (Å²) in [7, 11) is 0. The Balaban J connectivity index is 2.17. The number of aromatic nitrogens is 2. The van der Waals surface area contributed by atoms with Gasteiger partial charge < -0.3 is 15.4 Å². The second kappa shape index (κ2) is 4.97. The minimum Gasteiger partial charge on any atom is -0.395 e. The van der Waals surface area contributed by atoms with Crippen LogP contribution >= 0.6 is 0 Å². The standard InChI is InChI=1S/C12H20N4O2/c1-4-9-10(13)11(15-14-9)12(17)16-5-7(2)18-8(3)6-16/h7-8H,4-6,13H2,1-3H3,(H,14,15)/t7-,8+. The second-order valence-corrected chi connectivity index (χ2v) is 4.79. The zero-order valence-corrected chi connectivity index (χ0v) is 11.1. The van der Waals surface area contributed by atoms with Crippen molar-refractivity contribution in [2.45, 2.75) is 39.4 Å². The van der Waals surface area contributed by atoms with E-state index >= 15 is 0 Å². The fourth-order valence-electron chi connectivity index (χ4n) is 2.31. The fourth-order valence-corrected chi connectivity index (χ4v) is 2.31. The van der Waals surface area contributed by atoms with E-state index in [2.05, 4.69) is 10.2 Å². The summed E-state index contributed by atoms with van der Waals surface area (Å²) in [6.45, 7) is 7.05. The van der Waals surface area contributed by atoms with Crippen molar-refractivity contribution >= 4 is 11.6 Å². The summed E-state index contributed by atoms with van der Waals surface area (Å²) in [6, 6.07) is 0. The van der Waals surface area contributed by atoms with E-state index in [0.717, 1.165) is 12.1 Å². The van der Waals surface area contributed by atoms with Gasteiger partial charge in [-0.15, -0.1) is 0 Å². The quantitative estimate of drug-likeness (QED) is 0.815. The van der Waals surface area contributed by atoms with Crippen LogP contribution < -0.4 is 5.73 Å². The molecule has 0 aromatic carbocycles. The maximum Gasteiger partial charge on any atom is 0.276 e. The van der Waals surface area contributed by atoms with Crippen molar-refractivity contribution in [3.63, 3.8) is 0 Å². The number of hydrogen-bond donors (Lipinski definition) is 2. The Labute approximate surface area is 106 Å². The summed E-state index contributed by atoms with van der Waals surface area (Å²) in [5, 5.41) is 6.84. The molecule has 1 aliphatic rings. The molecule has 0 radical (unpaired) electrons. The van der Waals surface area contributed by atoms with Crippen LogP contribution in [0.3, 0.4) is 0 Å². The van der Waals surface area contributed by atoms with Crippen LogP contribution in [0, 0.1) is 0 Å². The summed E-state index contributed by atoms with van der Waals surface area (Å²) in [5.74, 6) is -0.120. The number of amides is 1. The minimum atomic E-state index is -0.120. The van der Waals surface area contributed by atoms with Gasteiger partial charge in [0.1, 0.15) is 0 Å². The SMILES string of the molecule is CCc1[nH]nc(C(=O)N2C[C@@H](C)O[C@@H](C)C2)c1N. The number of nitrogens with two attached hydrogens (primary N) is 1. The zero-order chi connectivity index (χ0) is 13.3. The summed E-state index contributed by atoms with van der Waals surface area (Å²) in [4.78, 5) is 14.1. The number of nitrogens with one attached hydrogen (secondary N) is 1. The molecule has 2 atom stereocenters. The van der Waals surface area contributed by atoms with Gasteiger partial charge in [0.25, 0.3) is 5.91 Å². The molecule has 1 amide bonds. The highest BCUT2D eigenvalue weighted by atomic mass is 16.5. The second-order valence-electron chi connectivity index (χ2n) is 4.79. The van der Waals surface area contributed by atoms with Crippen molar-refractivity contribution in [3.05, 3.63) is 11.4 Å². The van der Waals surface area contributed by atoms with Gasteiger partial charge in [0.2, 0.25) is 0 Å². The number of anilines is 1. The molecule has 0 spiro atoms. The molecule has 1 aromatic heterocycles. The van der Waals surface area contributed by atoms with E-state index in [1.54, 1.807) is 4.90 Å². The predicted octanol–water partition coefficient (Wildman–Crippen LogP) is 0.804. The van der Waals surface area contributed by atoms with Crippen LogP contribution in [0.25, 0.3) is 0 Å². The predicted molar refractivity (Wildman–Crippen MR) is 68.3 cm³/mol. The van der Waals surface area contributed by atoms with Crippen LogP contribution in [-0.2, 0) is 11.2 Å². The van der Waals surface area contributed by atoms with Gasteiger partial charge >= 0.3 is 0 Å². The highest BCUT2D eigenvalue weighted by Crippen LogP contribution is 2.19. The Morgan fingerprint density at radius 2 is 2.11 bits per heavy atom. The van der Waals surface area contributed by atoms with Crippen LogP contribution in [0.15, 0.2) is 0 Å². The zero-order valence-electron chi connectivity index (χ0n) is 11.1. The largest absolute Gasteiger partial charge is 0.395 e. The van der Waals surface area contributed by atoms with Crippen LogP contribution in [-0.4, -0.2) is 46.3 Å². The monoisotopic (exact) mass is 252 g/mol. The van der Waals surface area contributed by atoms with Gasteiger partial charge in [-0.25, -0.2) is 0 Å². The van der Waals surface area contributed by atoms with Crippen LogP contribution in [0.2, 0.25) is 0 Å². The molecular weight excluding hydrogens is 232 g/mol. The highest BCUT2D eigenvalue weighted by molar-refractivity contribution is 5.97. The molecule has 0 bridgehead atoms. The number of rotatable bonds is 2. The number of carbonyl (C=O) groups excluding carboxylic acids is 1. The highest BCUT2D eigenvalue weighted by Gasteiger charge is 2.29. The number of nitrogens with zero attached hydrogens (tertiary/aromatic N) is 2. The Kier molecular flexibility index (Phi) is 3.56. The molecule has 18 heavy (non-hydrogen) atoms. The van der Waals surface area contributed by atoms with Crippen LogP contribution in [0.1, 0.15) is 37.0 Å². The summed E-state index contributed by atoms with van der Waals surface area (Å²) in [6.07, 6.45) is 0.828. The van der Waals surface area contributed by atoms with E-state index in [1.807, 2.05) is 20.8 Å². The van der Waals surface area contributed by atoms with E-state index in [1.165, 1.54) is 0 Å². The molecule has 0 aliphatic carbocycles. The minimum absolute atomic E-state index is 0.0449. The lowest BCUT2D eigenvalue weighted by atomic mass is 10.2. The number of aromatic amines is 1. The normalized spacial score (nSPS) is 24.3. The number of nitrogen functional groups attached to an aromatic ring is 1. The summed E-state index contributed by atoms with van der Waals surface area (Å²) < 4.78 is 5.61. The van der Waals surface area contributed by atoms with Crippen LogP contribution in [0.5, 0.6) is 0 Å². The maximum atomic E-state index is 12.3. The maximum absolute atomic E-state index is 12.3. The lowest BCUT2D eigenvalue weighted by molar-refractivity contribution is -0.0587. The summed E-state index contributed by atoms with van der Waals surface area (Å²) in [5.41, 5.74) is 7.52. The van der Waals surface area contributed by atoms with Gasteiger partial charge in [-0.05, 0) is 20.3 Å².